The Hall–Kier alpha value is -3.50. The molecule has 2 N–H and O–H groups in total. The fourth-order valence-corrected chi connectivity index (χ4v) is 5.46. The molecule has 0 aliphatic carbocycles. The van der Waals surface area contributed by atoms with Crippen LogP contribution in [0.4, 0.5) is 0 Å². The van der Waals surface area contributed by atoms with Gasteiger partial charge in [0.1, 0.15) is 5.75 Å². The molecule has 2 aliphatic heterocycles. The maximum absolute atomic E-state index is 14.3. The number of benzene rings is 3. The summed E-state index contributed by atoms with van der Waals surface area (Å²) in [5, 5.41) is 12.2. The van der Waals surface area contributed by atoms with Crippen LogP contribution in [0.25, 0.3) is 6.08 Å². The van der Waals surface area contributed by atoms with E-state index in [9.17, 15) is 4.79 Å². The zero-order valence-electron chi connectivity index (χ0n) is 24.2. The Kier molecular flexibility index (Phi) is 11.0. The highest BCUT2D eigenvalue weighted by Gasteiger charge is 2.52. The van der Waals surface area contributed by atoms with E-state index in [2.05, 4.69) is 26.1 Å². The Balaban J connectivity index is 1.46. The number of aliphatic hydroxyl groups is 1. The fraction of sp³-hybridized carbons (Fsp3) is 0.353. The van der Waals surface area contributed by atoms with E-state index in [4.69, 9.17) is 24.3 Å². The van der Waals surface area contributed by atoms with Crippen molar-refractivity contribution in [2.24, 2.45) is 4.99 Å². The molecule has 1 fully saturated rings. The molecule has 8 nitrogen and oxygen atoms in total. The van der Waals surface area contributed by atoms with Crippen LogP contribution >= 0.6 is 15.9 Å². The minimum Gasteiger partial charge on any atom is -0.494 e. The maximum Gasteiger partial charge on any atom is 0.252 e. The third-order valence-corrected chi connectivity index (χ3v) is 8.09. The van der Waals surface area contributed by atoms with E-state index in [1.54, 1.807) is 0 Å². The lowest BCUT2D eigenvalue weighted by molar-refractivity contribution is -0.128. The zero-order valence-corrected chi connectivity index (χ0v) is 25.7. The molecule has 9 heteroatoms. The predicted octanol–water partition coefficient (Wildman–Crippen LogP) is 5.02. The number of aliphatic hydroxyl groups excluding tert-OH is 1. The van der Waals surface area contributed by atoms with Gasteiger partial charge in [-0.25, -0.2) is 4.99 Å². The van der Waals surface area contributed by atoms with Gasteiger partial charge in [-0.1, -0.05) is 70.5 Å². The van der Waals surface area contributed by atoms with Crippen LogP contribution in [0.15, 0.2) is 94.4 Å². The molecule has 2 atom stereocenters. The van der Waals surface area contributed by atoms with Crippen molar-refractivity contribution in [3.63, 3.8) is 0 Å². The third kappa shape index (κ3) is 8.12. The summed E-state index contributed by atoms with van der Waals surface area (Å²) in [5.41, 5.74) is 1.44. The molecule has 0 saturated carbocycles. The summed E-state index contributed by atoms with van der Waals surface area (Å²) in [6.07, 6.45) is 4.30. The molecule has 3 aromatic carbocycles. The maximum atomic E-state index is 14.3. The summed E-state index contributed by atoms with van der Waals surface area (Å²) in [6, 6.07) is 25.4. The minimum absolute atomic E-state index is 0.0789. The minimum atomic E-state index is -1.23. The van der Waals surface area contributed by atoms with Gasteiger partial charge in [0.2, 0.25) is 5.90 Å². The summed E-state index contributed by atoms with van der Waals surface area (Å²) >= 11 is 3.53. The lowest BCUT2D eigenvalue weighted by Crippen LogP contribution is -2.50. The molecule has 2 aliphatic rings. The van der Waals surface area contributed by atoms with Crippen molar-refractivity contribution in [2.45, 2.75) is 24.5 Å². The molecule has 1 amide bonds. The number of amides is 1. The van der Waals surface area contributed by atoms with E-state index in [0.29, 0.717) is 50.9 Å². The van der Waals surface area contributed by atoms with Gasteiger partial charge in [-0.05, 0) is 47.5 Å². The normalized spacial score (nSPS) is 20.5. The molecule has 0 radical (unpaired) electrons. The molecule has 1 saturated heterocycles. The van der Waals surface area contributed by atoms with Crippen LogP contribution < -0.4 is 10.1 Å². The number of morpholine rings is 1. The average molecular weight is 649 g/mol. The number of aliphatic imine (C=N–C) groups is 1. The third-order valence-electron chi connectivity index (χ3n) is 7.56. The number of rotatable bonds is 13. The number of nitrogens with one attached hydrogen (secondary N) is 1. The second kappa shape index (κ2) is 15.3. The van der Waals surface area contributed by atoms with Gasteiger partial charge in [0.15, 0.2) is 11.6 Å². The van der Waals surface area contributed by atoms with E-state index in [1.807, 2.05) is 91.0 Å². The molecule has 0 unspecified atom stereocenters. The number of ether oxygens (including phenoxy) is 3. The lowest BCUT2D eigenvalue weighted by Gasteiger charge is -2.31. The highest BCUT2D eigenvalue weighted by molar-refractivity contribution is 9.10. The van der Waals surface area contributed by atoms with E-state index in [-0.39, 0.29) is 12.5 Å². The molecule has 3 aromatic rings. The van der Waals surface area contributed by atoms with Gasteiger partial charge >= 0.3 is 0 Å². The van der Waals surface area contributed by atoms with Crippen LogP contribution in [0, 0.1) is 0 Å². The second-order valence-corrected chi connectivity index (χ2v) is 11.5. The Bertz CT molecular complexity index is 1380. The van der Waals surface area contributed by atoms with Crippen molar-refractivity contribution in [2.75, 3.05) is 52.6 Å². The first kappa shape index (κ1) is 30.9. The first-order chi connectivity index (χ1) is 21.1. The Labute approximate surface area is 261 Å². The number of halogens is 1. The summed E-state index contributed by atoms with van der Waals surface area (Å²) in [4.78, 5) is 21.6. The van der Waals surface area contributed by atoms with Crippen molar-refractivity contribution in [3.05, 3.63) is 106 Å². The number of carbonyl (C=O) groups excluding carboxylic acids is 1. The van der Waals surface area contributed by atoms with Crippen molar-refractivity contribution in [1.82, 2.24) is 10.2 Å². The molecule has 5 rings (SSSR count). The van der Waals surface area contributed by atoms with Gasteiger partial charge in [-0.15, -0.1) is 0 Å². The number of carbonyl (C=O) groups is 1. The van der Waals surface area contributed by atoms with Gasteiger partial charge < -0.3 is 24.6 Å². The molecule has 2 heterocycles. The fourth-order valence-electron chi connectivity index (χ4n) is 5.20. The topological polar surface area (TPSA) is 92.6 Å². The number of hydrogen-bond acceptors (Lipinski definition) is 7. The quantitative estimate of drug-likeness (QED) is 0.253. The first-order valence-corrected chi connectivity index (χ1v) is 15.5. The van der Waals surface area contributed by atoms with E-state index in [0.717, 1.165) is 40.8 Å². The lowest BCUT2D eigenvalue weighted by atomic mass is 9.84. The van der Waals surface area contributed by atoms with E-state index in [1.165, 1.54) is 0 Å². The number of hydrogen-bond donors (Lipinski definition) is 2. The van der Waals surface area contributed by atoms with Gasteiger partial charge in [0, 0.05) is 55.7 Å². The molecular formula is C34H38BrN3O5. The van der Waals surface area contributed by atoms with E-state index < -0.39 is 11.6 Å². The molecule has 43 heavy (non-hydrogen) atoms. The summed E-state index contributed by atoms with van der Waals surface area (Å²) < 4.78 is 18.7. The SMILES string of the molecule is O=C(NCCN1CCOCC1)[C@]1(C/C=C/c2ccccc2)N=C(c2ccc(OCCCO)cc2)O[C@@H]1c1ccc(Br)cc1. The highest BCUT2D eigenvalue weighted by Crippen LogP contribution is 2.43. The van der Waals surface area contributed by atoms with Crippen molar-refractivity contribution >= 4 is 33.8 Å². The Morgan fingerprint density at radius 2 is 1.81 bits per heavy atom. The first-order valence-electron chi connectivity index (χ1n) is 14.7. The molecule has 0 bridgehead atoms. The van der Waals surface area contributed by atoms with Crippen molar-refractivity contribution in [1.29, 1.82) is 0 Å². The zero-order chi connectivity index (χ0) is 29.9. The predicted molar refractivity (Wildman–Crippen MR) is 171 cm³/mol. The van der Waals surface area contributed by atoms with Crippen LogP contribution in [-0.2, 0) is 14.3 Å². The second-order valence-electron chi connectivity index (χ2n) is 10.6. The monoisotopic (exact) mass is 647 g/mol. The standard InChI is InChI=1S/C34H38BrN3O5/c35-29-13-9-27(10-14-29)31-34(17-4-8-26-6-2-1-3-7-26,33(40)36-18-19-38-20-24-41-25-21-38)37-32(43-31)28-11-15-30(16-12-28)42-23-5-22-39/h1-4,6-16,31,39H,5,17-25H2,(H,36,40)/b8-4+/t31-,34-/m1/s1. The van der Waals surface area contributed by atoms with Crippen LogP contribution in [0.3, 0.4) is 0 Å². The van der Waals surface area contributed by atoms with Crippen molar-refractivity contribution in [3.8, 4) is 5.75 Å². The van der Waals surface area contributed by atoms with Crippen LogP contribution in [0.2, 0.25) is 0 Å². The largest absolute Gasteiger partial charge is 0.494 e. The summed E-state index contributed by atoms with van der Waals surface area (Å²) in [5.74, 6) is 0.926. The van der Waals surface area contributed by atoms with Crippen LogP contribution in [0.5, 0.6) is 5.75 Å². The van der Waals surface area contributed by atoms with Crippen LogP contribution in [-0.4, -0.2) is 80.0 Å². The summed E-state index contributed by atoms with van der Waals surface area (Å²) in [6.45, 7) is 4.88. The molecular weight excluding hydrogens is 610 g/mol. The molecule has 0 aromatic heterocycles. The Morgan fingerprint density at radius 3 is 2.53 bits per heavy atom. The van der Waals surface area contributed by atoms with E-state index >= 15 is 0 Å². The van der Waals surface area contributed by atoms with Gasteiger partial charge in [-0.3, -0.25) is 9.69 Å². The van der Waals surface area contributed by atoms with Gasteiger partial charge in [0.25, 0.3) is 5.91 Å². The van der Waals surface area contributed by atoms with Crippen molar-refractivity contribution < 1.29 is 24.1 Å². The van der Waals surface area contributed by atoms with Crippen LogP contribution in [0.1, 0.15) is 35.6 Å². The molecule has 0 spiro atoms. The summed E-state index contributed by atoms with van der Waals surface area (Å²) in [7, 11) is 0. The Morgan fingerprint density at radius 1 is 1.07 bits per heavy atom. The smallest absolute Gasteiger partial charge is 0.252 e. The van der Waals surface area contributed by atoms with Gasteiger partial charge in [-0.2, -0.15) is 0 Å². The average Bonchev–Trinajstić information content (AvgIpc) is 3.43. The highest BCUT2D eigenvalue weighted by atomic mass is 79.9. The van der Waals surface area contributed by atoms with Gasteiger partial charge in [0.05, 0.1) is 19.8 Å². The number of nitrogens with zero attached hydrogens (tertiary/aromatic N) is 2. The molecule has 226 valence electrons.